The average molecular weight is 770 g/mol. The molecule has 5 heteroatoms. The summed E-state index contributed by atoms with van der Waals surface area (Å²) in [5, 5.41) is 0. The molecule has 274 valence electrons. The number of rotatable bonds is 1. The third kappa shape index (κ3) is 3.78. The number of aromatic nitrogens is 2. The van der Waals surface area contributed by atoms with Crippen molar-refractivity contribution in [2.45, 2.75) is 20.6 Å². The molecule has 59 heavy (non-hydrogen) atoms. The lowest BCUT2D eigenvalue weighted by Gasteiger charge is -2.40. The van der Waals surface area contributed by atoms with Crippen LogP contribution in [0.15, 0.2) is 198 Å². The van der Waals surface area contributed by atoms with Crippen molar-refractivity contribution in [2.24, 2.45) is 0 Å². The molecule has 7 aromatic carbocycles. The Bertz CT molecular complexity index is 3240. The van der Waals surface area contributed by atoms with Crippen LogP contribution in [0.25, 0.3) is 33.6 Å². The number of hydrogen-bond acceptors (Lipinski definition) is 5. The molecule has 2 spiro atoms. The van der Waals surface area contributed by atoms with Crippen molar-refractivity contribution in [3.63, 3.8) is 0 Å². The van der Waals surface area contributed by atoms with Gasteiger partial charge in [0.1, 0.15) is 11.5 Å². The lowest BCUT2D eigenvalue weighted by Crippen LogP contribution is -2.33. The van der Waals surface area contributed by atoms with Crippen LogP contribution in [0, 0.1) is 0 Å². The Morgan fingerprint density at radius 2 is 0.949 bits per heavy atom. The van der Waals surface area contributed by atoms with Gasteiger partial charge in [0.25, 0.3) is 0 Å². The third-order valence-corrected chi connectivity index (χ3v) is 14.5. The number of ether oxygens (including phenoxy) is 1. The van der Waals surface area contributed by atoms with Crippen molar-refractivity contribution >= 4 is 28.8 Å². The quantitative estimate of drug-likeness (QED) is 0.166. The molecule has 1 unspecified atom stereocenters. The summed E-state index contributed by atoms with van der Waals surface area (Å²) in [7, 11) is 0. The standard InChI is InChI=1S/C54H31N3OS/c1-4-17-37-33(14-1)34-15-2-5-18-38(34)53(37)39-19-6-3-16-35(39)36-29-43-48(30-42(36)53)58-47-24-10-7-20-40(47)54(43)41-21-13-27-55-51(41)52-44(54)28-32(31-56-52)57-45-22-8-11-25-49(45)59-50-26-12-9-23-46(50)57/h1-31H. The van der Waals surface area contributed by atoms with Gasteiger partial charge >= 0.3 is 0 Å². The van der Waals surface area contributed by atoms with E-state index in [0.29, 0.717) is 0 Å². The molecule has 2 aliphatic heterocycles. The summed E-state index contributed by atoms with van der Waals surface area (Å²) in [6.45, 7) is 0. The molecule has 14 rings (SSSR count). The number of anilines is 3. The molecule has 3 aliphatic carbocycles. The van der Waals surface area contributed by atoms with E-state index in [-0.39, 0.29) is 0 Å². The maximum absolute atomic E-state index is 7.18. The third-order valence-electron chi connectivity index (χ3n) is 13.4. The zero-order chi connectivity index (χ0) is 38.5. The number of fused-ring (bicyclic) bond motifs is 21. The Labute approximate surface area is 345 Å². The van der Waals surface area contributed by atoms with Crippen LogP contribution >= 0.6 is 11.8 Å². The number of hydrogen-bond donors (Lipinski definition) is 0. The molecule has 0 saturated carbocycles. The fourth-order valence-electron chi connectivity index (χ4n) is 11.3. The second-order valence-electron chi connectivity index (χ2n) is 16.0. The maximum atomic E-state index is 7.18. The molecule has 0 N–H and O–H groups in total. The first-order chi connectivity index (χ1) is 29.3. The van der Waals surface area contributed by atoms with Crippen molar-refractivity contribution in [3.8, 4) is 45.1 Å². The minimum absolute atomic E-state index is 0.490. The summed E-state index contributed by atoms with van der Waals surface area (Å²) < 4.78 is 7.18. The summed E-state index contributed by atoms with van der Waals surface area (Å²) in [4.78, 5) is 15.3. The summed E-state index contributed by atoms with van der Waals surface area (Å²) in [5.74, 6) is 1.70. The largest absolute Gasteiger partial charge is 0.457 e. The van der Waals surface area contributed by atoms with Crippen molar-refractivity contribution in [3.05, 3.63) is 233 Å². The lowest BCUT2D eigenvalue weighted by molar-refractivity contribution is 0.435. The average Bonchev–Trinajstić information content (AvgIpc) is 3.87. The van der Waals surface area contributed by atoms with Gasteiger partial charge in [-0.1, -0.05) is 133 Å². The molecule has 0 amide bonds. The van der Waals surface area contributed by atoms with Crippen LogP contribution in [0.5, 0.6) is 11.5 Å². The van der Waals surface area contributed by atoms with E-state index in [1.165, 1.54) is 54.3 Å². The van der Waals surface area contributed by atoms with E-state index in [9.17, 15) is 0 Å². The van der Waals surface area contributed by atoms with E-state index in [1.54, 1.807) is 0 Å². The van der Waals surface area contributed by atoms with E-state index in [0.717, 1.165) is 62.2 Å². The number of nitrogens with zero attached hydrogens (tertiary/aromatic N) is 3. The van der Waals surface area contributed by atoms with E-state index in [2.05, 4.69) is 181 Å². The van der Waals surface area contributed by atoms with E-state index >= 15 is 0 Å². The van der Waals surface area contributed by atoms with Gasteiger partial charge in [-0.05, 0) is 105 Å². The van der Waals surface area contributed by atoms with Crippen molar-refractivity contribution in [1.82, 2.24) is 9.97 Å². The first-order valence-electron chi connectivity index (χ1n) is 20.1. The fraction of sp³-hybridized carbons (Fsp3) is 0.0370. The number of para-hydroxylation sites is 3. The monoisotopic (exact) mass is 769 g/mol. The van der Waals surface area contributed by atoms with E-state index < -0.39 is 10.8 Å². The highest BCUT2D eigenvalue weighted by atomic mass is 32.2. The predicted molar refractivity (Wildman–Crippen MR) is 235 cm³/mol. The van der Waals surface area contributed by atoms with Crippen LogP contribution in [0.2, 0.25) is 0 Å². The Morgan fingerprint density at radius 1 is 0.407 bits per heavy atom. The molecule has 9 aromatic rings. The molecule has 0 fully saturated rings. The normalized spacial score (nSPS) is 17.1. The van der Waals surface area contributed by atoms with Gasteiger partial charge in [0, 0.05) is 32.7 Å². The highest BCUT2D eigenvalue weighted by molar-refractivity contribution is 7.99. The number of pyridine rings is 2. The van der Waals surface area contributed by atoms with Gasteiger partial charge in [0.2, 0.25) is 0 Å². The Hall–Kier alpha value is -7.21. The van der Waals surface area contributed by atoms with Gasteiger partial charge in [-0.3, -0.25) is 9.97 Å². The molecule has 1 atom stereocenters. The number of benzene rings is 7. The van der Waals surface area contributed by atoms with Crippen molar-refractivity contribution in [2.75, 3.05) is 4.90 Å². The topological polar surface area (TPSA) is 38.3 Å². The van der Waals surface area contributed by atoms with Crippen LogP contribution in [-0.2, 0) is 10.8 Å². The van der Waals surface area contributed by atoms with Gasteiger partial charge in [-0.25, -0.2) is 0 Å². The highest BCUT2D eigenvalue weighted by Gasteiger charge is 2.56. The minimum atomic E-state index is -0.763. The Morgan fingerprint density at radius 3 is 1.64 bits per heavy atom. The van der Waals surface area contributed by atoms with Crippen LogP contribution in [-0.4, -0.2) is 9.97 Å². The van der Waals surface area contributed by atoms with Crippen LogP contribution in [0.1, 0.15) is 44.5 Å². The van der Waals surface area contributed by atoms with E-state index in [1.807, 2.05) is 24.2 Å². The van der Waals surface area contributed by atoms with E-state index in [4.69, 9.17) is 14.7 Å². The molecule has 4 nitrogen and oxygen atoms in total. The molecule has 0 saturated heterocycles. The summed E-state index contributed by atoms with van der Waals surface area (Å²) in [6, 6.07) is 64.4. The Balaban J connectivity index is 1.09. The maximum Gasteiger partial charge on any atom is 0.132 e. The van der Waals surface area contributed by atoms with Gasteiger partial charge < -0.3 is 9.64 Å². The molecular formula is C54H31N3OS. The van der Waals surface area contributed by atoms with Gasteiger partial charge in [0.05, 0.1) is 45.5 Å². The predicted octanol–water partition coefficient (Wildman–Crippen LogP) is 13.2. The van der Waals surface area contributed by atoms with Crippen LogP contribution < -0.4 is 9.64 Å². The van der Waals surface area contributed by atoms with Crippen molar-refractivity contribution < 1.29 is 4.74 Å². The first kappa shape index (κ1) is 31.8. The minimum Gasteiger partial charge on any atom is -0.457 e. The molecule has 4 heterocycles. The summed E-state index contributed by atoms with van der Waals surface area (Å²) in [6.07, 6.45) is 3.93. The zero-order valence-corrected chi connectivity index (χ0v) is 32.4. The van der Waals surface area contributed by atoms with Gasteiger partial charge in [-0.2, -0.15) is 0 Å². The van der Waals surface area contributed by atoms with Crippen LogP contribution in [0.4, 0.5) is 17.1 Å². The second-order valence-corrected chi connectivity index (χ2v) is 17.1. The fourth-order valence-corrected chi connectivity index (χ4v) is 12.3. The molecule has 0 bridgehead atoms. The summed E-state index contributed by atoms with van der Waals surface area (Å²) >= 11 is 1.82. The second kappa shape index (κ2) is 11.3. The molecule has 5 aliphatic rings. The molecule has 0 radical (unpaired) electrons. The highest BCUT2D eigenvalue weighted by Crippen LogP contribution is 2.67. The van der Waals surface area contributed by atoms with Gasteiger partial charge in [0.15, 0.2) is 0 Å². The Kier molecular flexibility index (Phi) is 6.07. The SMILES string of the molecule is c1ccc2c(c1)Oc1cc3c(cc1C21c2cccnc2-c2ncc(N4c5ccccc5Sc5ccccc54)cc21)-c1ccccc1C31c2ccccc2-c2ccccc21. The van der Waals surface area contributed by atoms with Crippen LogP contribution in [0.3, 0.4) is 0 Å². The smallest absolute Gasteiger partial charge is 0.132 e. The van der Waals surface area contributed by atoms with Crippen molar-refractivity contribution in [1.29, 1.82) is 0 Å². The van der Waals surface area contributed by atoms with Gasteiger partial charge in [-0.15, -0.1) is 0 Å². The first-order valence-corrected chi connectivity index (χ1v) is 21.0. The zero-order valence-electron chi connectivity index (χ0n) is 31.6. The molecule has 2 aromatic heterocycles. The molecular weight excluding hydrogens is 739 g/mol. The lowest BCUT2D eigenvalue weighted by atomic mass is 9.65. The summed E-state index contributed by atoms with van der Waals surface area (Å²) in [5.41, 5.74) is 18.5.